The van der Waals surface area contributed by atoms with Gasteiger partial charge in [0.05, 0.1) is 19.3 Å². The van der Waals surface area contributed by atoms with Crippen LogP contribution in [0.2, 0.25) is 0 Å². The number of carbonyl (C=O) groups excluding carboxylic acids is 1. The third-order valence-corrected chi connectivity index (χ3v) is 4.22. The molecule has 1 unspecified atom stereocenters. The molecule has 0 spiro atoms. The highest BCUT2D eigenvalue weighted by molar-refractivity contribution is 7.18. The van der Waals surface area contributed by atoms with Gasteiger partial charge in [-0.3, -0.25) is 4.79 Å². The number of aromatic nitrogens is 1. The van der Waals surface area contributed by atoms with Crippen LogP contribution in [0.4, 0.5) is 10.9 Å². The van der Waals surface area contributed by atoms with E-state index in [1.165, 1.54) is 24.9 Å². The predicted molar refractivity (Wildman–Crippen MR) is 78.0 cm³/mol. The van der Waals surface area contributed by atoms with Crippen LogP contribution in [0.1, 0.15) is 28.9 Å². The van der Waals surface area contributed by atoms with Crippen molar-refractivity contribution < 1.29 is 14.6 Å². The summed E-state index contributed by atoms with van der Waals surface area (Å²) in [5.74, 6) is -0.124. The smallest absolute Gasteiger partial charge is 0.265 e. The van der Waals surface area contributed by atoms with Crippen LogP contribution in [-0.4, -0.2) is 48.4 Å². The minimum Gasteiger partial charge on any atom is -0.394 e. The van der Waals surface area contributed by atoms with Crippen LogP contribution >= 0.6 is 11.3 Å². The molecule has 0 saturated heterocycles. The fourth-order valence-electron chi connectivity index (χ4n) is 1.88. The molecular weight excluding hydrogens is 280 g/mol. The summed E-state index contributed by atoms with van der Waals surface area (Å²) < 4.78 is 4.91. The van der Waals surface area contributed by atoms with Crippen molar-refractivity contribution in [3.05, 3.63) is 4.88 Å². The highest BCUT2D eigenvalue weighted by Crippen LogP contribution is 2.29. The first-order valence-electron chi connectivity index (χ1n) is 6.57. The number of ether oxygens (including phenoxy) is 1. The maximum atomic E-state index is 12.1. The second-order valence-electron chi connectivity index (χ2n) is 4.81. The van der Waals surface area contributed by atoms with Gasteiger partial charge in [0.25, 0.3) is 5.91 Å². The van der Waals surface area contributed by atoms with E-state index in [9.17, 15) is 4.79 Å². The minimum absolute atomic E-state index is 0.189. The zero-order valence-corrected chi connectivity index (χ0v) is 12.2. The van der Waals surface area contributed by atoms with Crippen molar-refractivity contribution in [2.75, 3.05) is 31.4 Å². The Labute approximate surface area is 121 Å². The van der Waals surface area contributed by atoms with Gasteiger partial charge in [0.1, 0.15) is 10.7 Å². The Bertz CT molecular complexity index is 462. The molecule has 0 aliphatic heterocycles. The Morgan fingerprint density at radius 2 is 2.40 bits per heavy atom. The Balaban J connectivity index is 1.97. The molecule has 7 nitrogen and oxygen atoms in total. The van der Waals surface area contributed by atoms with Crippen LogP contribution in [0.15, 0.2) is 0 Å². The molecule has 2 rings (SSSR count). The molecule has 20 heavy (non-hydrogen) atoms. The fourth-order valence-corrected chi connectivity index (χ4v) is 2.74. The zero-order chi connectivity index (χ0) is 14.5. The molecule has 1 aliphatic carbocycles. The van der Waals surface area contributed by atoms with E-state index in [1.807, 2.05) is 0 Å². The normalized spacial score (nSPS) is 16.5. The Hall–Kier alpha value is -1.38. The van der Waals surface area contributed by atoms with Gasteiger partial charge in [-0.2, -0.15) is 0 Å². The summed E-state index contributed by atoms with van der Waals surface area (Å²) in [4.78, 5) is 16.6. The van der Waals surface area contributed by atoms with Gasteiger partial charge in [0, 0.05) is 13.2 Å². The van der Waals surface area contributed by atoms with Crippen molar-refractivity contribution in [1.29, 1.82) is 0 Å². The third kappa shape index (κ3) is 3.59. The van der Waals surface area contributed by atoms with Gasteiger partial charge >= 0.3 is 0 Å². The van der Waals surface area contributed by atoms with Crippen molar-refractivity contribution in [2.24, 2.45) is 0 Å². The number of nitrogens with two attached hydrogens (primary N) is 1. The third-order valence-electron chi connectivity index (χ3n) is 3.22. The fraction of sp³-hybridized carbons (Fsp3) is 0.667. The van der Waals surface area contributed by atoms with Gasteiger partial charge in [-0.1, -0.05) is 11.3 Å². The first-order chi connectivity index (χ1) is 9.63. The molecule has 1 amide bonds. The summed E-state index contributed by atoms with van der Waals surface area (Å²) >= 11 is 1.23. The summed E-state index contributed by atoms with van der Waals surface area (Å²) in [5.41, 5.74) is 5.77. The lowest BCUT2D eigenvalue weighted by Crippen LogP contribution is -2.40. The molecule has 0 bridgehead atoms. The quantitative estimate of drug-likeness (QED) is 0.581. The first-order valence-corrected chi connectivity index (χ1v) is 7.39. The van der Waals surface area contributed by atoms with Crippen LogP contribution in [0.25, 0.3) is 0 Å². The SMILES string of the molecule is COCC(CO)NC(=O)c1sc(NC2CCC2)nc1N. The average Bonchev–Trinajstić information content (AvgIpc) is 2.74. The molecule has 1 saturated carbocycles. The number of nitrogens with one attached hydrogen (secondary N) is 2. The number of methoxy groups -OCH3 is 1. The molecule has 0 aromatic carbocycles. The second kappa shape index (κ2) is 6.87. The van der Waals surface area contributed by atoms with Crippen molar-refractivity contribution in [1.82, 2.24) is 10.3 Å². The maximum Gasteiger partial charge on any atom is 0.265 e. The zero-order valence-electron chi connectivity index (χ0n) is 11.4. The van der Waals surface area contributed by atoms with Gasteiger partial charge in [0.2, 0.25) is 0 Å². The molecule has 1 fully saturated rings. The number of aliphatic hydroxyl groups excluding tert-OH is 1. The number of hydrogen-bond acceptors (Lipinski definition) is 7. The van der Waals surface area contributed by atoms with Crippen LogP contribution in [0.5, 0.6) is 0 Å². The Kier molecular flexibility index (Phi) is 5.16. The molecule has 5 N–H and O–H groups in total. The van der Waals surface area contributed by atoms with E-state index >= 15 is 0 Å². The number of nitrogens with zero attached hydrogens (tertiary/aromatic N) is 1. The molecule has 0 radical (unpaired) electrons. The number of nitrogen functional groups attached to an aromatic ring is 1. The van der Waals surface area contributed by atoms with E-state index in [4.69, 9.17) is 15.6 Å². The van der Waals surface area contributed by atoms with Gasteiger partial charge in [0.15, 0.2) is 5.13 Å². The Morgan fingerprint density at radius 3 is 2.95 bits per heavy atom. The molecule has 1 aromatic heterocycles. The van der Waals surface area contributed by atoms with Gasteiger partial charge in [-0.15, -0.1) is 0 Å². The molecule has 1 aliphatic rings. The van der Waals surface area contributed by atoms with Crippen LogP contribution < -0.4 is 16.4 Å². The summed E-state index contributed by atoms with van der Waals surface area (Å²) in [6.45, 7) is 0.0552. The lowest BCUT2D eigenvalue weighted by Gasteiger charge is -2.25. The van der Waals surface area contributed by atoms with Crippen molar-refractivity contribution in [3.8, 4) is 0 Å². The number of hydrogen-bond donors (Lipinski definition) is 4. The van der Waals surface area contributed by atoms with E-state index in [-0.39, 0.29) is 24.9 Å². The summed E-state index contributed by atoms with van der Waals surface area (Å²) in [6.07, 6.45) is 3.48. The van der Waals surface area contributed by atoms with E-state index in [1.54, 1.807) is 0 Å². The predicted octanol–water partition coefficient (Wildman–Crippen LogP) is 0.427. The molecule has 8 heteroatoms. The van der Waals surface area contributed by atoms with Crippen LogP contribution in [-0.2, 0) is 4.74 Å². The topological polar surface area (TPSA) is 110 Å². The number of rotatable bonds is 7. The number of anilines is 2. The molecule has 1 aromatic rings. The lowest BCUT2D eigenvalue weighted by molar-refractivity contribution is 0.0844. The number of amides is 1. The van der Waals surface area contributed by atoms with E-state index in [2.05, 4.69) is 15.6 Å². The first kappa shape index (κ1) is 15.0. The maximum absolute atomic E-state index is 12.1. The van der Waals surface area contributed by atoms with Gasteiger partial charge < -0.3 is 26.2 Å². The van der Waals surface area contributed by atoms with Gasteiger partial charge in [-0.05, 0) is 19.3 Å². The molecule has 112 valence electrons. The summed E-state index contributed by atoms with van der Waals surface area (Å²) in [5, 5.41) is 15.7. The largest absolute Gasteiger partial charge is 0.394 e. The summed E-state index contributed by atoms with van der Waals surface area (Å²) in [7, 11) is 1.51. The van der Waals surface area contributed by atoms with Gasteiger partial charge in [-0.25, -0.2) is 4.98 Å². The minimum atomic E-state index is -0.447. The highest BCUT2D eigenvalue weighted by atomic mass is 32.1. The van der Waals surface area contributed by atoms with Crippen LogP contribution in [0, 0.1) is 0 Å². The summed E-state index contributed by atoms with van der Waals surface area (Å²) in [6, 6.07) is -0.00724. The van der Waals surface area contributed by atoms with E-state index < -0.39 is 6.04 Å². The average molecular weight is 300 g/mol. The molecule has 1 heterocycles. The van der Waals surface area contributed by atoms with Crippen molar-refractivity contribution in [3.63, 3.8) is 0 Å². The second-order valence-corrected chi connectivity index (χ2v) is 5.81. The monoisotopic (exact) mass is 300 g/mol. The van der Waals surface area contributed by atoms with Crippen LogP contribution in [0.3, 0.4) is 0 Å². The number of thiazole rings is 1. The molecular formula is C12H20N4O3S. The molecule has 1 atom stereocenters. The lowest BCUT2D eigenvalue weighted by atomic mass is 9.93. The van der Waals surface area contributed by atoms with E-state index in [0.717, 1.165) is 12.8 Å². The number of carbonyl (C=O) groups is 1. The number of aliphatic hydroxyl groups is 1. The highest BCUT2D eigenvalue weighted by Gasteiger charge is 2.22. The standard InChI is InChI=1S/C12H20N4O3S/c1-19-6-8(5-17)14-11(18)9-10(13)16-12(20-9)15-7-3-2-4-7/h7-8,17H,2-6,13H2,1H3,(H,14,18)(H,15,16). The van der Waals surface area contributed by atoms with Crippen molar-refractivity contribution >= 4 is 28.2 Å². The Morgan fingerprint density at radius 1 is 1.65 bits per heavy atom. The van der Waals surface area contributed by atoms with E-state index in [0.29, 0.717) is 16.1 Å². The van der Waals surface area contributed by atoms with Crippen molar-refractivity contribution in [2.45, 2.75) is 31.3 Å².